The fourth-order valence-corrected chi connectivity index (χ4v) is 10.4. The molecule has 6 N–H and O–H groups in total. The molecule has 4 aliphatic rings. The lowest BCUT2D eigenvalue weighted by molar-refractivity contribution is -0.121. The number of nitrogens with two attached hydrogens (primary N) is 2. The van der Waals surface area contributed by atoms with Crippen molar-refractivity contribution in [2.45, 2.75) is 134 Å². The zero-order chi connectivity index (χ0) is 49.4. The van der Waals surface area contributed by atoms with Crippen LogP contribution in [0, 0.1) is 11.6 Å². The maximum absolute atomic E-state index is 16.6. The van der Waals surface area contributed by atoms with Crippen molar-refractivity contribution in [3.8, 4) is 0 Å². The number of halogens is 2. The van der Waals surface area contributed by atoms with Gasteiger partial charge in [-0.1, -0.05) is 42.5 Å². The van der Waals surface area contributed by atoms with Gasteiger partial charge in [-0.15, -0.1) is 0 Å². The Morgan fingerprint density at radius 2 is 1.03 bits per heavy atom. The molecule has 368 valence electrons. The molecule has 4 amide bonds. The number of rotatable bonds is 9. The molecule has 0 bridgehead atoms. The van der Waals surface area contributed by atoms with Gasteiger partial charge >= 0.3 is 12.2 Å². The standard InChI is InChI=1S/C53H66F2N8O6/c1-52(2,3)68-50(66)61-24-10-14-45(61)48(64)58-41-18-16-34(28-39(41)56)43-20-21-44(35-17-19-42(40(57)29-35)59-49(65)46-15-11-25-62(46)51(67)69-53(4,5)6)63(43)36-30-37(54)47(38(55)31-36)60-26-22-33(23-27-60)32-12-8-7-9-13-32/h7-9,12-13,16-19,28-31,33,43-46H,10-11,14-15,20-27,56-57H2,1-6H3,(H,58,64)(H,59,65)/t43-,44?,45?,46?/m1/s1. The van der Waals surface area contributed by atoms with Crippen molar-refractivity contribution in [3.63, 3.8) is 0 Å². The highest BCUT2D eigenvalue weighted by atomic mass is 19.1. The summed E-state index contributed by atoms with van der Waals surface area (Å²) in [5.74, 6) is -1.78. The first-order valence-corrected chi connectivity index (χ1v) is 24.2. The molecule has 4 saturated heterocycles. The van der Waals surface area contributed by atoms with Crippen LogP contribution in [0.15, 0.2) is 78.9 Å². The van der Waals surface area contributed by atoms with Gasteiger partial charge in [0.05, 0.1) is 34.8 Å². The number of ether oxygens (including phenoxy) is 2. The van der Waals surface area contributed by atoms with Crippen LogP contribution < -0.4 is 31.9 Å². The number of carbonyl (C=O) groups excluding carboxylic acids is 4. The number of likely N-dealkylation sites (tertiary alicyclic amines) is 2. The van der Waals surface area contributed by atoms with Crippen molar-refractivity contribution < 1.29 is 37.4 Å². The summed E-state index contributed by atoms with van der Waals surface area (Å²) in [6, 6.07) is 21.4. The Bertz CT molecular complexity index is 2420. The molecule has 16 heteroatoms. The molecule has 4 aliphatic heterocycles. The molecule has 69 heavy (non-hydrogen) atoms. The quantitative estimate of drug-likeness (QED) is 0.118. The van der Waals surface area contributed by atoms with Crippen LogP contribution in [0.1, 0.15) is 128 Å². The Morgan fingerprint density at radius 1 is 0.580 bits per heavy atom. The molecular formula is C53H66F2N8O6. The molecule has 4 heterocycles. The van der Waals surface area contributed by atoms with Crippen LogP contribution >= 0.6 is 0 Å². The van der Waals surface area contributed by atoms with Gasteiger partial charge in [-0.25, -0.2) is 18.4 Å². The summed E-state index contributed by atoms with van der Waals surface area (Å²) in [5.41, 5.74) is 16.3. The highest BCUT2D eigenvalue weighted by Crippen LogP contribution is 2.49. The summed E-state index contributed by atoms with van der Waals surface area (Å²) in [4.78, 5) is 59.9. The lowest BCUT2D eigenvalue weighted by Gasteiger charge is -2.36. The van der Waals surface area contributed by atoms with E-state index in [-0.39, 0.29) is 28.9 Å². The first kappa shape index (κ1) is 48.9. The lowest BCUT2D eigenvalue weighted by atomic mass is 9.89. The molecule has 8 rings (SSSR count). The molecule has 3 unspecified atom stereocenters. The van der Waals surface area contributed by atoms with E-state index in [9.17, 15) is 19.2 Å². The number of carbonyl (C=O) groups is 4. The number of piperidine rings is 1. The number of amides is 4. The van der Waals surface area contributed by atoms with Gasteiger partial charge in [-0.05, 0) is 152 Å². The van der Waals surface area contributed by atoms with Crippen LogP contribution in [0.2, 0.25) is 0 Å². The van der Waals surface area contributed by atoms with Crippen molar-refractivity contribution in [2.75, 3.05) is 58.1 Å². The third kappa shape index (κ3) is 11.0. The fraction of sp³-hybridized carbons (Fsp3) is 0.472. The van der Waals surface area contributed by atoms with Crippen molar-refractivity contribution in [1.82, 2.24) is 9.80 Å². The second kappa shape index (κ2) is 19.8. The molecule has 4 fully saturated rings. The van der Waals surface area contributed by atoms with Crippen molar-refractivity contribution >= 4 is 58.1 Å². The maximum Gasteiger partial charge on any atom is 0.410 e. The molecule has 0 radical (unpaired) electrons. The van der Waals surface area contributed by atoms with E-state index in [1.165, 1.54) is 27.5 Å². The van der Waals surface area contributed by atoms with Crippen LogP contribution in [0.3, 0.4) is 0 Å². The summed E-state index contributed by atoms with van der Waals surface area (Å²) < 4.78 is 44.3. The number of nitrogens with zero attached hydrogens (tertiary/aromatic N) is 4. The van der Waals surface area contributed by atoms with Crippen LogP contribution in [0.5, 0.6) is 0 Å². The maximum atomic E-state index is 16.6. The van der Waals surface area contributed by atoms with E-state index in [0.29, 0.717) is 87.7 Å². The topological polar surface area (TPSA) is 176 Å². The highest BCUT2D eigenvalue weighted by Gasteiger charge is 2.40. The molecule has 0 aliphatic carbocycles. The minimum atomic E-state index is -0.727. The third-order valence-corrected chi connectivity index (χ3v) is 13.6. The third-order valence-electron chi connectivity index (χ3n) is 13.6. The van der Waals surface area contributed by atoms with E-state index in [1.54, 1.807) is 70.7 Å². The average Bonchev–Trinajstić information content (AvgIpc) is 4.08. The number of anilines is 6. The molecule has 4 aromatic carbocycles. The van der Waals surface area contributed by atoms with Crippen molar-refractivity contribution in [3.05, 3.63) is 107 Å². The summed E-state index contributed by atoms with van der Waals surface area (Å²) >= 11 is 0. The number of nitrogen functional groups attached to an aromatic ring is 2. The average molecular weight is 949 g/mol. The summed E-state index contributed by atoms with van der Waals surface area (Å²) in [6.45, 7) is 12.5. The summed E-state index contributed by atoms with van der Waals surface area (Å²) in [7, 11) is 0. The van der Waals surface area contributed by atoms with Gasteiger partial charge in [0, 0.05) is 31.9 Å². The second-order valence-corrected chi connectivity index (χ2v) is 20.8. The number of hydrogen-bond acceptors (Lipinski definition) is 10. The van der Waals surface area contributed by atoms with Crippen LogP contribution in [0.4, 0.5) is 52.5 Å². The van der Waals surface area contributed by atoms with Gasteiger partial charge in [0.15, 0.2) is 11.6 Å². The molecule has 0 saturated carbocycles. The molecule has 0 aromatic heterocycles. The molecule has 4 aromatic rings. The van der Waals surface area contributed by atoms with Crippen LogP contribution in [-0.4, -0.2) is 83.3 Å². The Balaban J connectivity index is 1.05. The number of hydrogen-bond donors (Lipinski definition) is 4. The van der Waals surface area contributed by atoms with Crippen LogP contribution in [0.25, 0.3) is 0 Å². The smallest absolute Gasteiger partial charge is 0.410 e. The van der Waals surface area contributed by atoms with E-state index in [1.807, 2.05) is 35.2 Å². The van der Waals surface area contributed by atoms with Gasteiger partial charge in [0.25, 0.3) is 0 Å². The zero-order valence-electron chi connectivity index (χ0n) is 40.5. The van der Waals surface area contributed by atoms with Gasteiger partial charge in [0.2, 0.25) is 11.8 Å². The summed E-state index contributed by atoms with van der Waals surface area (Å²) in [5, 5.41) is 5.84. The minimum Gasteiger partial charge on any atom is -0.444 e. The van der Waals surface area contributed by atoms with Crippen molar-refractivity contribution in [2.24, 2.45) is 0 Å². The SMILES string of the molecule is CC(C)(C)OC(=O)N1CCCC1C(=O)Nc1ccc(C2CC[C@H](c3ccc(NC(=O)C4CCCN4C(=O)OC(C)(C)C)c(N)c3)N2c2cc(F)c(N3CCC(c4ccccc4)CC3)c(F)c2)cc1N. The molecule has 4 atom stereocenters. The van der Waals surface area contributed by atoms with E-state index >= 15 is 8.78 Å². The van der Waals surface area contributed by atoms with Gasteiger partial charge in [-0.3, -0.25) is 19.4 Å². The Labute approximate surface area is 403 Å². The summed E-state index contributed by atoms with van der Waals surface area (Å²) in [6.07, 6.45) is 3.82. The van der Waals surface area contributed by atoms with Gasteiger partial charge in [-0.2, -0.15) is 0 Å². The normalized spacial score (nSPS) is 21.1. The Hall–Kier alpha value is -6.58. The van der Waals surface area contributed by atoms with Gasteiger partial charge in [0.1, 0.15) is 29.0 Å². The highest BCUT2D eigenvalue weighted by molar-refractivity contribution is 6.00. The van der Waals surface area contributed by atoms with Gasteiger partial charge < -0.3 is 41.4 Å². The number of benzene rings is 4. The largest absolute Gasteiger partial charge is 0.444 e. The van der Waals surface area contributed by atoms with E-state index in [4.69, 9.17) is 20.9 Å². The lowest BCUT2D eigenvalue weighted by Crippen LogP contribution is -2.45. The Kier molecular flexibility index (Phi) is 14.0. The first-order chi connectivity index (χ1) is 32.7. The van der Waals surface area contributed by atoms with E-state index in [0.717, 1.165) is 24.0 Å². The van der Waals surface area contributed by atoms with E-state index < -0.39 is 59.2 Å². The van der Waals surface area contributed by atoms with E-state index in [2.05, 4.69) is 22.8 Å². The Morgan fingerprint density at radius 3 is 1.45 bits per heavy atom. The van der Waals surface area contributed by atoms with Crippen LogP contribution in [-0.2, 0) is 19.1 Å². The molecule has 0 spiro atoms. The monoisotopic (exact) mass is 949 g/mol. The minimum absolute atomic E-state index is 0.0498. The molecule has 14 nitrogen and oxygen atoms in total. The fourth-order valence-electron chi connectivity index (χ4n) is 10.4. The second-order valence-electron chi connectivity index (χ2n) is 20.8. The number of nitrogens with one attached hydrogen (secondary N) is 2. The van der Waals surface area contributed by atoms with Crippen molar-refractivity contribution in [1.29, 1.82) is 0 Å². The molecular weight excluding hydrogens is 883 g/mol. The predicted octanol–water partition coefficient (Wildman–Crippen LogP) is 10.3. The first-order valence-electron chi connectivity index (χ1n) is 24.2. The zero-order valence-corrected chi connectivity index (χ0v) is 40.5. The predicted molar refractivity (Wildman–Crippen MR) is 265 cm³/mol.